The number of carbonyl (C=O) groups is 1. The van der Waals surface area contributed by atoms with E-state index in [4.69, 9.17) is 9.47 Å². The van der Waals surface area contributed by atoms with Crippen LogP contribution in [0.25, 0.3) is 11.1 Å². The van der Waals surface area contributed by atoms with Crippen LogP contribution in [-0.2, 0) is 6.61 Å². The van der Waals surface area contributed by atoms with Gasteiger partial charge in [-0.3, -0.25) is 4.79 Å². The fraction of sp³-hybridized carbons (Fsp3) is 0.136. The van der Waals surface area contributed by atoms with Crippen molar-refractivity contribution in [3.05, 3.63) is 77.4 Å². The third-order valence-corrected chi connectivity index (χ3v) is 4.30. The molecular weight excluding hydrogens is 328 g/mol. The second kappa shape index (κ2) is 7.74. The highest BCUT2D eigenvalue weighted by molar-refractivity contribution is 5.88. The lowest BCUT2D eigenvalue weighted by atomic mass is 9.95. The van der Waals surface area contributed by atoms with Gasteiger partial charge < -0.3 is 14.6 Å². The zero-order valence-electron chi connectivity index (χ0n) is 14.7. The first kappa shape index (κ1) is 17.5. The monoisotopic (exact) mass is 348 g/mol. The fourth-order valence-electron chi connectivity index (χ4n) is 2.86. The van der Waals surface area contributed by atoms with Crippen molar-refractivity contribution < 1.29 is 19.4 Å². The van der Waals surface area contributed by atoms with E-state index in [0.717, 1.165) is 22.4 Å². The zero-order chi connectivity index (χ0) is 18.5. The van der Waals surface area contributed by atoms with Crippen LogP contribution in [-0.4, -0.2) is 18.5 Å². The van der Waals surface area contributed by atoms with Crippen molar-refractivity contribution in [2.24, 2.45) is 0 Å². The van der Waals surface area contributed by atoms with Crippen LogP contribution in [0.2, 0.25) is 0 Å². The van der Waals surface area contributed by atoms with Gasteiger partial charge in [0.2, 0.25) is 0 Å². The smallest absolute Gasteiger partial charge is 0.168 e. The fourth-order valence-corrected chi connectivity index (χ4v) is 2.86. The Morgan fingerprint density at radius 2 is 1.81 bits per heavy atom. The van der Waals surface area contributed by atoms with Gasteiger partial charge in [-0.05, 0) is 47.4 Å². The second-order valence-corrected chi connectivity index (χ2v) is 5.93. The minimum absolute atomic E-state index is 0.139. The molecule has 3 aromatic carbocycles. The maximum atomic E-state index is 11.4. The summed E-state index contributed by atoms with van der Waals surface area (Å²) in [6.07, 6.45) is 0.645. The first-order valence-corrected chi connectivity index (χ1v) is 8.27. The zero-order valence-corrected chi connectivity index (χ0v) is 14.7. The van der Waals surface area contributed by atoms with Gasteiger partial charge in [-0.1, -0.05) is 42.5 Å². The van der Waals surface area contributed by atoms with E-state index in [2.05, 4.69) is 0 Å². The Hall–Kier alpha value is -3.27. The first-order chi connectivity index (χ1) is 12.6. The van der Waals surface area contributed by atoms with E-state index in [-0.39, 0.29) is 17.1 Å². The number of hydrogen-bond donors (Lipinski definition) is 1. The molecule has 0 fully saturated rings. The van der Waals surface area contributed by atoms with Gasteiger partial charge >= 0.3 is 0 Å². The molecule has 0 radical (unpaired) electrons. The van der Waals surface area contributed by atoms with Crippen LogP contribution in [0.4, 0.5) is 0 Å². The Morgan fingerprint density at radius 1 is 1.04 bits per heavy atom. The number of carbonyl (C=O) groups excluding carboxylic acids is 1. The minimum atomic E-state index is -0.139. The van der Waals surface area contributed by atoms with E-state index in [1.165, 1.54) is 7.11 Å². The van der Waals surface area contributed by atoms with Gasteiger partial charge in [0.05, 0.1) is 12.7 Å². The van der Waals surface area contributed by atoms with Crippen molar-refractivity contribution >= 4 is 6.29 Å². The van der Waals surface area contributed by atoms with Crippen molar-refractivity contribution in [1.82, 2.24) is 0 Å². The van der Waals surface area contributed by atoms with Crippen LogP contribution < -0.4 is 9.47 Å². The number of phenols is 1. The van der Waals surface area contributed by atoms with Crippen LogP contribution >= 0.6 is 0 Å². The third-order valence-electron chi connectivity index (χ3n) is 4.30. The van der Waals surface area contributed by atoms with E-state index in [1.807, 2.05) is 54.6 Å². The first-order valence-electron chi connectivity index (χ1n) is 8.27. The summed E-state index contributed by atoms with van der Waals surface area (Å²) in [5, 5.41) is 10.1. The highest BCUT2D eigenvalue weighted by atomic mass is 16.5. The van der Waals surface area contributed by atoms with Gasteiger partial charge in [0, 0.05) is 0 Å². The van der Waals surface area contributed by atoms with Gasteiger partial charge in [0.1, 0.15) is 12.4 Å². The van der Waals surface area contributed by atoms with Gasteiger partial charge in [-0.25, -0.2) is 0 Å². The lowest BCUT2D eigenvalue weighted by Crippen LogP contribution is -1.97. The summed E-state index contributed by atoms with van der Waals surface area (Å²) in [5.74, 6) is 0.856. The van der Waals surface area contributed by atoms with Crippen LogP contribution in [0.1, 0.15) is 21.5 Å². The summed E-state index contributed by atoms with van der Waals surface area (Å²) in [6, 6.07) is 19.3. The van der Waals surface area contributed by atoms with Crippen molar-refractivity contribution in [3.8, 4) is 28.4 Å². The molecule has 0 heterocycles. The van der Waals surface area contributed by atoms with Crippen molar-refractivity contribution in [3.63, 3.8) is 0 Å². The second-order valence-electron chi connectivity index (χ2n) is 5.93. The predicted octanol–water partition coefficient (Wildman–Crippen LogP) is 4.77. The quantitative estimate of drug-likeness (QED) is 0.652. The van der Waals surface area contributed by atoms with Crippen LogP contribution in [0, 0.1) is 6.92 Å². The molecule has 0 amide bonds. The minimum Gasteiger partial charge on any atom is -0.504 e. The molecule has 0 saturated heterocycles. The van der Waals surface area contributed by atoms with Crippen molar-refractivity contribution in [2.45, 2.75) is 13.5 Å². The third kappa shape index (κ3) is 3.54. The number of aromatic hydroxyl groups is 1. The van der Waals surface area contributed by atoms with Crippen LogP contribution in [0.3, 0.4) is 0 Å². The van der Waals surface area contributed by atoms with E-state index in [0.29, 0.717) is 18.5 Å². The van der Waals surface area contributed by atoms with Gasteiger partial charge in [-0.2, -0.15) is 0 Å². The molecule has 0 bridgehead atoms. The summed E-state index contributed by atoms with van der Waals surface area (Å²) in [4.78, 5) is 11.4. The van der Waals surface area contributed by atoms with Crippen LogP contribution in [0.15, 0.2) is 60.7 Å². The normalized spacial score (nSPS) is 10.4. The molecule has 0 unspecified atom stereocenters. The molecule has 132 valence electrons. The van der Waals surface area contributed by atoms with Crippen molar-refractivity contribution in [2.75, 3.05) is 7.11 Å². The molecule has 0 aliphatic heterocycles. The molecule has 0 aromatic heterocycles. The van der Waals surface area contributed by atoms with Crippen LogP contribution in [0.5, 0.6) is 17.2 Å². The molecular formula is C22H20O4. The molecule has 0 saturated carbocycles. The number of ether oxygens (including phenoxy) is 2. The molecule has 26 heavy (non-hydrogen) atoms. The Labute approximate surface area is 152 Å². The molecule has 4 nitrogen and oxygen atoms in total. The standard InChI is InChI=1S/C22H20O4/c1-15-19(12-21(25-2)22(24)20(15)13-23)17-9-6-10-18(11-17)26-14-16-7-4-3-5-8-16/h3-13,24H,14H2,1-2H3. The SMILES string of the molecule is COc1cc(-c2cccc(OCc3ccccc3)c2)c(C)c(C=O)c1O. The van der Waals surface area contributed by atoms with Crippen molar-refractivity contribution in [1.29, 1.82) is 0 Å². The van der Waals surface area contributed by atoms with Gasteiger partial charge in [-0.15, -0.1) is 0 Å². The topological polar surface area (TPSA) is 55.8 Å². The number of hydrogen-bond acceptors (Lipinski definition) is 4. The molecule has 4 heteroatoms. The maximum Gasteiger partial charge on any atom is 0.168 e. The summed E-state index contributed by atoms with van der Waals surface area (Å²) in [7, 11) is 1.46. The molecule has 0 atom stereocenters. The average molecular weight is 348 g/mol. The molecule has 0 aliphatic carbocycles. The largest absolute Gasteiger partial charge is 0.504 e. The van der Waals surface area contributed by atoms with E-state index >= 15 is 0 Å². The predicted molar refractivity (Wildman–Crippen MR) is 101 cm³/mol. The van der Waals surface area contributed by atoms with Gasteiger partial charge in [0.15, 0.2) is 17.8 Å². The highest BCUT2D eigenvalue weighted by Gasteiger charge is 2.16. The Kier molecular flexibility index (Phi) is 5.23. The highest BCUT2D eigenvalue weighted by Crippen LogP contribution is 2.38. The lowest BCUT2D eigenvalue weighted by molar-refractivity contribution is 0.112. The summed E-state index contributed by atoms with van der Waals surface area (Å²) in [5.41, 5.74) is 3.71. The number of benzene rings is 3. The summed E-state index contributed by atoms with van der Waals surface area (Å²) < 4.78 is 11.1. The molecule has 1 N–H and O–H groups in total. The number of aldehydes is 1. The number of rotatable bonds is 6. The maximum absolute atomic E-state index is 11.4. The number of phenolic OH excluding ortho intramolecular Hbond substituents is 1. The molecule has 3 rings (SSSR count). The molecule has 0 aliphatic rings. The summed E-state index contributed by atoms with van der Waals surface area (Å²) in [6.45, 7) is 2.28. The number of methoxy groups -OCH3 is 1. The molecule has 0 spiro atoms. The van der Waals surface area contributed by atoms with E-state index in [9.17, 15) is 9.90 Å². The lowest BCUT2D eigenvalue weighted by Gasteiger charge is -2.14. The summed E-state index contributed by atoms with van der Waals surface area (Å²) >= 11 is 0. The Bertz CT molecular complexity index is 917. The Balaban J connectivity index is 1.94. The van der Waals surface area contributed by atoms with Gasteiger partial charge in [0.25, 0.3) is 0 Å². The Morgan fingerprint density at radius 3 is 2.50 bits per heavy atom. The van der Waals surface area contributed by atoms with E-state index < -0.39 is 0 Å². The molecule has 3 aromatic rings. The average Bonchev–Trinajstić information content (AvgIpc) is 2.68. The van der Waals surface area contributed by atoms with E-state index in [1.54, 1.807) is 13.0 Å².